The highest BCUT2D eigenvalue weighted by molar-refractivity contribution is 5.68. The van der Waals surface area contributed by atoms with Crippen molar-refractivity contribution in [2.75, 3.05) is 0 Å². The Balaban J connectivity index is 2.93. The molecular weight excluding hydrogens is 275 g/mol. The molecule has 0 spiro atoms. The van der Waals surface area contributed by atoms with Gasteiger partial charge in [0.25, 0.3) is 0 Å². The molecule has 0 bridgehead atoms. The van der Waals surface area contributed by atoms with E-state index in [-0.39, 0.29) is 0 Å². The lowest BCUT2D eigenvalue weighted by Crippen LogP contribution is -2.58. The average molecular weight is 292 g/mol. The molecule has 20 heavy (non-hydrogen) atoms. The van der Waals surface area contributed by atoms with E-state index in [0.29, 0.717) is 0 Å². The van der Waals surface area contributed by atoms with E-state index < -0.39 is 48.7 Å². The van der Waals surface area contributed by atoms with Gasteiger partial charge in [-0.25, -0.2) is 4.39 Å². The van der Waals surface area contributed by atoms with Crippen LogP contribution < -0.4 is 0 Å². The largest absolute Gasteiger partial charge is 0.456 e. The number of halogens is 1. The summed E-state index contributed by atoms with van der Waals surface area (Å²) in [5.74, 6) is -2.15. The number of carbonyl (C=O) groups is 3. The van der Waals surface area contributed by atoms with Gasteiger partial charge >= 0.3 is 17.9 Å². The molecule has 5 atom stereocenters. The summed E-state index contributed by atoms with van der Waals surface area (Å²) < 4.78 is 33.8. The van der Waals surface area contributed by atoms with Crippen LogP contribution in [0, 0.1) is 0 Å². The van der Waals surface area contributed by atoms with Crippen LogP contribution in [0.5, 0.6) is 0 Å². The van der Waals surface area contributed by atoms with Crippen molar-refractivity contribution < 1.29 is 37.7 Å². The minimum absolute atomic E-state index is 0.666. The van der Waals surface area contributed by atoms with E-state index in [2.05, 4.69) is 4.74 Å². The Kier molecular flexibility index (Phi) is 5.43. The first-order chi connectivity index (χ1) is 9.22. The number of carbonyl (C=O) groups excluding carboxylic acids is 3. The summed E-state index contributed by atoms with van der Waals surface area (Å²) in [6.07, 6.45) is -6.79. The summed E-state index contributed by atoms with van der Waals surface area (Å²) in [6, 6.07) is 0. The van der Waals surface area contributed by atoms with Gasteiger partial charge in [0.15, 0.2) is 12.2 Å². The number of hydrogen-bond donors (Lipinski definition) is 0. The Bertz CT molecular complexity index is 397. The molecule has 1 saturated heterocycles. The molecule has 1 aliphatic rings. The lowest BCUT2D eigenvalue weighted by atomic mass is 10.00. The zero-order valence-corrected chi connectivity index (χ0v) is 11.6. The van der Waals surface area contributed by atoms with E-state index in [1.54, 1.807) is 0 Å². The molecule has 1 fully saturated rings. The van der Waals surface area contributed by atoms with Crippen LogP contribution in [0.3, 0.4) is 0 Å². The molecule has 0 aromatic heterocycles. The fourth-order valence-electron chi connectivity index (χ4n) is 1.90. The predicted octanol–water partition coefficient (Wildman–Crippen LogP) is 0.496. The van der Waals surface area contributed by atoms with Gasteiger partial charge in [-0.1, -0.05) is 0 Å². The summed E-state index contributed by atoms with van der Waals surface area (Å²) in [4.78, 5) is 33.0. The Morgan fingerprint density at radius 2 is 1.35 bits per heavy atom. The minimum Gasteiger partial charge on any atom is -0.456 e. The third-order valence-electron chi connectivity index (χ3n) is 2.60. The van der Waals surface area contributed by atoms with Gasteiger partial charge in [0, 0.05) is 20.8 Å². The second-order valence-corrected chi connectivity index (χ2v) is 4.41. The van der Waals surface area contributed by atoms with Crippen molar-refractivity contribution in [2.24, 2.45) is 0 Å². The standard InChI is InChI=1S/C12H17FO7/c1-5-10(18-6(2)14)11(19-7(3)15)9(13)12(17-5)20-8(4)16/h5,9-12H,1-4H3/t5-,9+,10+,11-,12+/m0/s1. The van der Waals surface area contributed by atoms with Crippen LogP contribution >= 0.6 is 0 Å². The second kappa shape index (κ2) is 6.65. The molecule has 0 aromatic carbocycles. The fourth-order valence-corrected chi connectivity index (χ4v) is 1.90. The van der Waals surface area contributed by atoms with E-state index >= 15 is 0 Å². The molecule has 0 aromatic rings. The molecule has 0 saturated carbocycles. The lowest BCUT2D eigenvalue weighted by molar-refractivity contribution is -0.276. The van der Waals surface area contributed by atoms with Crippen LogP contribution in [0.15, 0.2) is 0 Å². The summed E-state index contributed by atoms with van der Waals surface area (Å²) in [5.41, 5.74) is 0. The zero-order valence-electron chi connectivity index (χ0n) is 11.6. The van der Waals surface area contributed by atoms with Gasteiger partial charge in [-0.2, -0.15) is 0 Å². The van der Waals surface area contributed by atoms with Gasteiger partial charge < -0.3 is 18.9 Å². The summed E-state index contributed by atoms with van der Waals surface area (Å²) in [6.45, 7) is 4.83. The molecule has 0 N–H and O–H groups in total. The van der Waals surface area contributed by atoms with Crippen molar-refractivity contribution in [3.05, 3.63) is 0 Å². The molecule has 8 heteroatoms. The lowest BCUT2D eigenvalue weighted by Gasteiger charge is -2.40. The van der Waals surface area contributed by atoms with Gasteiger partial charge in [0.1, 0.15) is 0 Å². The normalized spacial score (nSPS) is 33.1. The van der Waals surface area contributed by atoms with Crippen LogP contribution in [0.1, 0.15) is 27.7 Å². The quantitative estimate of drug-likeness (QED) is 0.552. The Hall–Kier alpha value is -1.70. The highest BCUT2D eigenvalue weighted by atomic mass is 19.1. The van der Waals surface area contributed by atoms with E-state index in [9.17, 15) is 18.8 Å². The Morgan fingerprint density at radius 1 is 0.900 bits per heavy atom. The highest BCUT2D eigenvalue weighted by Gasteiger charge is 2.50. The number of ether oxygens (including phenoxy) is 4. The van der Waals surface area contributed by atoms with Crippen LogP contribution in [0.4, 0.5) is 4.39 Å². The van der Waals surface area contributed by atoms with Gasteiger partial charge in [-0.15, -0.1) is 0 Å². The molecule has 0 radical (unpaired) electrons. The third-order valence-corrected chi connectivity index (χ3v) is 2.60. The summed E-state index contributed by atoms with van der Waals surface area (Å²) in [7, 11) is 0. The van der Waals surface area contributed by atoms with Gasteiger partial charge in [-0.3, -0.25) is 14.4 Å². The summed E-state index contributed by atoms with van der Waals surface area (Å²) >= 11 is 0. The molecule has 0 unspecified atom stereocenters. The molecule has 1 heterocycles. The molecule has 7 nitrogen and oxygen atoms in total. The van der Waals surface area contributed by atoms with Crippen molar-refractivity contribution in [2.45, 2.75) is 58.5 Å². The van der Waals surface area contributed by atoms with Crippen LogP contribution in [-0.4, -0.2) is 48.7 Å². The first kappa shape index (κ1) is 16.4. The van der Waals surface area contributed by atoms with Crippen LogP contribution in [0.2, 0.25) is 0 Å². The Morgan fingerprint density at radius 3 is 1.80 bits per heavy atom. The molecular formula is C12H17FO7. The summed E-state index contributed by atoms with van der Waals surface area (Å²) in [5, 5.41) is 0. The Labute approximate surface area is 115 Å². The molecule has 1 rings (SSSR count). The van der Waals surface area contributed by atoms with E-state index in [0.717, 1.165) is 20.8 Å². The van der Waals surface area contributed by atoms with Gasteiger partial charge in [-0.05, 0) is 6.92 Å². The topological polar surface area (TPSA) is 88.1 Å². The van der Waals surface area contributed by atoms with Gasteiger partial charge in [0.2, 0.25) is 12.5 Å². The number of esters is 3. The maximum absolute atomic E-state index is 14.2. The predicted molar refractivity (Wildman–Crippen MR) is 62.1 cm³/mol. The fraction of sp³-hybridized carbons (Fsp3) is 0.750. The van der Waals surface area contributed by atoms with Gasteiger partial charge in [0.05, 0.1) is 6.10 Å². The third kappa shape index (κ3) is 4.16. The maximum Gasteiger partial charge on any atom is 0.305 e. The first-order valence-electron chi connectivity index (χ1n) is 6.03. The van der Waals surface area contributed by atoms with Crippen molar-refractivity contribution in [3.8, 4) is 0 Å². The molecule has 0 amide bonds. The minimum atomic E-state index is -1.96. The smallest absolute Gasteiger partial charge is 0.305 e. The monoisotopic (exact) mass is 292 g/mol. The second-order valence-electron chi connectivity index (χ2n) is 4.41. The SMILES string of the molecule is CC(=O)O[C@H]1O[C@@H](C)[C@@H](OC(C)=O)[C@@H](OC(C)=O)[C@H]1F. The van der Waals surface area contributed by atoms with Crippen molar-refractivity contribution in [1.82, 2.24) is 0 Å². The highest BCUT2D eigenvalue weighted by Crippen LogP contribution is 2.29. The molecule has 0 aliphatic carbocycles. The van der Waals surface area contributed by atoms with E-state index in [4.69, 9.17) is 14.2 Å². The number of hydrogen-bond acceptors (Lipinski definition) is 7. The van der Waals surface area contributed by atoms with E-state index in [1.165, 1.54) is 6.92 Å². The first-order valence-corrected chi connectivity index (χ1v) is 6.03. The van der Waals surface area contributed by atoms with Crippen molar-refractivity contribution in [3.63, 3.8) is 0 Å². The number of rotatable bonds is 3. The zero-order chi connectivity index (χ0) is 15.4. The van der Waals surface area contributed by atoms with Crippen molar-refractivity contribution >= 4 is 17.9 Å². The molecule has 114 valence electrons. The van der Waals surface area contributed by atoms with Crippen molar-refractivity contribution in [1.29, 1.82) is 0 Å². The van der Waals surface area contributed by atoms with Crippen LogP contribution in [0.25, 0.3) is 0 Å². The average Bonchev–Trinajstić information content (AvgIpc) is 2.28. The maximum atomic E-state index is 14.2. The molecule has 1 aliphatic heterocycles. The number of alkyl halides is 1. The van der Waals surface area contributed by atoms with Crippen LogP contribution in [-0.2, 0) is 33.3 Å². The van der Waals surface area contributed by atoms with E-state index in [1.807, 2.05) is 0 Å².